The largest absolute Gasteiger partial charge is 0.492 e. The molecule has 1 aromatic heterocycles. The van der Waals surface area contributed by atoms with E-state index in [0.29, 0.717) is 19.1 Å². The lowest BCUT2D eigenvalue weighted by Crippen LogP contribution is -2.39. The van der Waals surface area contributed by atoms with E-state index in [1.165, 1.54) is 0 Å². The molecular formula is C19H25N3O2. The van der Waals surface area contributed by atoms with Gasteiger partial charge in [0.1, 0.15) is 12.4 Å². The lowest BCUT2D eigenvalue weighted by molar-refractivity contribution is -0.126. The fraction of sp³-hybridized carbons (Fsp3) is 0.474. The van der Waals surface area contributed by atoms with E-state index >= 15 is 0 Å². The highest BCUT2D eigenvalue weighted by atomic mass is 16.5. The number of nitrogens with one attached hydrogen (secondary N) is 1. The Morgan fingerprint density at radius 2 is 2.21 bits per heavy atom. The molecule has 1 aliphatic heterocycles. The highest BCUT2D eigenvalue weighted by Gasteiger charge is 2.25. The van der Waals surface area contributed by atoms with Crippen molar-refractivity contribution in [1.82, 2.24) is 15.1 Å². The normalized spacial score (nSPS) is 17.7. The van der Waals surface area contributed by atoms with Crippen molar-refractivity contribution < 1.29 is 9.53 Å². The Labute approximate surface area is 143 Å². The van der Waals surface area contributed by atoms with E-state index in [-0.39, 0.29) is 11.8 Å². The summed E-state index contributed by atoms with van der Waals surface area (Å²) in [4.78, 5) is 12.4. The Kier molecular flexibility index (Phi) is 4.88. The Morgan fingerprint density at radius 1 is 1.42 bits per heavy atom. The number of hydrogen-bond acceptors (Lipinski definition) is 3. The van der Waals surface area contributed by atoms with E-state index < -0.39 is 0 Å². The van der Waals surface area contributed by atoms with Crippen molar-refractivity contribution in [2.75, 3.05) is 13.2 Å². The second kappa shape index (κ2) is 7.07. The zero-order chi connectivity index (χ0) is 17.1. The molecule has 0 bridgehead atoms. The van der Waals surface area contributed by atoms with Crippen molar-refractivity contribution in [3.63, 3.8) is 0 Å². The lowest BCUT2D eigenvalue weighted by Gasteiger charge is -2.25. The number of aromatic nitrogens is 2. The van der Waals surface area contributed by atoms with Crippen molar-refractivity contribution in [3.05, 3.63) is 47.3 Å². The first-order valence-corrected chi connectivity index (χ1v) is 8.52. The van der Waals surface area contributed by atoms with Crippen LogP contribution in [-0.4, -0.2) is 28.8 Å². The van der Waals surface area contributed by atoms with Crippen LogP contribution in [0.3, 0.4) is 0 Å². The average molecular weight is 327 g/mol. The maximum Gasteiger partial charge on any atom is 0.226 e. The number of fused-ring (bicyclic) bond motifs is 1. The summed E-state index contributed by atoms with van der Waals surface area (Å²) >= 11 is 0. The summed E-state index contributed by atoms with van der Waals surface area (Å²) in [6, 6.07) is 10.0. The van der Waals surface area contributed by atoms with Gasteiger partial charge in [-0.15, -0.1) is 0 Å². The average Bonchev–Trinajstić information content (AvgIpc) is 2.89. The van der Waals surface area contributed by atoms with Crippen LogP contribution >= 0.6 is 0 Å². The third-order valence-corrected chi connectivity index (χ3v) is 4.46. The van der Waals surface area contributed by atoms with Crippen LogP contribution in [-0.2, 0) is 17.8 Å². The summed E-state index contributed by atoms with van der Waals surface area (Å²) in [6.07, 6.45) is 0.744. The van der Waals surface area contributed by atoms with Gasteiger partial charge in [-0.1, -0.05) is 25.1 Å². The predicted molar refractivity (Wildman–Crippen MR) is 93.0 cm³/mol. The molecular weight excluding hydrogens is 302 g/mol. The molecule has 24 heavy (non-hydrogen) atoms. The SMILES string of the molecule is Cc1cc(C)n(C[C@H](C)CNC(=O)[C@@H]2COc3ccccc3C2)n1. The summed E-state index contributed by atoms with van der Waals surface area (Å²) < 4.78 is 7.71. The van der Waals surface area contributed by atoms with Crippen LogP contribution in [0.2, 0.25) is 0 Å². The highest BCUT2D eigenvalue weighted by molar-refractivity contribution is 5.79. The molecule has 2 aromatic rings. The molecule has 1 N–H and O–H groups in total. The van der Waals surface area contributed by atoms with Crippen molar-refractivity contribution in [3.8, 4) is 5.75 Å². The number of rotatable bonds is 5. The third kappa shape index (κ3) is 3.78. The van der Waals surface area contributed by atoms with Gasteiger partial charge in [0, 0.05) is 18.8 Å². The molecule has 5 heteroatoms. The summed E-state index contributed by atoms with van der Waals surface area (Å²) in [5.41, 5.74) is 3.30. The molecule has 0 radical (unpaired) electrons. The Bertz CT molecular complexity index is 723. The van der Waals surface area contributed by atoms with Crippen LogP contribution in [0.15, 0.2) is 30.3 Å². The van der Waals surface area contributed by atoms with Gasteiger partial charge in [0.2, 0.25) is 5.91 Å². The summed E-state index contributed by atoms with van der Waals surface area (Å²) in [6.45, 7) is 8.09. The van der Waals surface area contributed by atoms with Gasteiger partial charge in [0.25, 0.3) is 0 Å². The van der Waals surface area contributed by atoms with Gasteiger partial charge in [-0.25, -0.2) is 0 Å². The van der Waals surface area contributed by atoms with E-state index in [0.717, 1.165) is 35.7 Å². The van der Waals surface area contributed by atoms with Crippen molar-refractivity contribution in [1.29, 1.82) is 0 Å². The molecule has 0 saturated heterocycles. The van der Waals surface area contributed by atoms with Crippen molar-refractivity contribution in [2.45, 2.75) is 33.7 Å². The fourth-order valence-corrected chi connectivity index (χ4v) is 3.14. The van der Waals surface area contributed by atoms with Gasteiger partial charge < -0.3 is 10.1 Å². The molecule has 0 fully saturated rings. The number of para-hydroxylation sites is 1. The van der Waals surface area contributed by atoms with Gasteiger partial charge in [0.15, 0.2) is 0 Å². The minimum atomic E-state index is -0.110. The number of carbonyl (C=O) groups is 1. The fourth-order valence-electron chi connectivity index (χ4n) is 3.14. The summed E-state index contributed by atoms with van der Waals surface area (Å²) in [7, 11) is 0. The van der Waals surface area contributed by atoms with Gasteiger partial charge >= 0.3 is 0 Å². The Morgan fingerprint density at radius 3 is 2.96 bits per heavy atom. The second-order valence-electron chi connectivity index (χ2n) is 6.78. The van der Waals surface area contributed by atoms with E-state index in [1.807, 2.05) is 35.9 Å². The van der Waals surface area contributed by atoms with Gasteiger partial charge in [-0.2, -0.15) is 5.10 Å². The standard InChI is InChI=1S/C19H25N3O2/c1-13(11-22-15(3)8-14(2)21-22)10-20-19(23)17-9-16-6-4-5-7-18(16)24-12-17/h4-8,13,17H,9-12H2,1-3H3,(H,20,23)/t13-,17+/m1/s1. The topological polar surface area (TPSA) is 56.2 Å². The van der Waals surface area contributed by atoms with Crippen LogP contribution in [0, 0.1) is 25.7 Å². The minimum Gasteiger partial charge on any atom is -0.492 e. The second-order valence-corrected chi connectivity index (χ2v) is 6.78. The Balaban J connectivity index is 1.50. The van der Waals surface area contributed by atoms with Gasteiger partial charge in [-0.05, 0) is 43.9 Å². The Hall–Kier alpha value is -2.30. The molecule has 0 saturated carbocycles. The highest BCUT2D eigenvalue weighted by Crippen LogP contribution is 2.26. The number of amides is 1. The number of carbonyl (C=O) groups excluding carboxylic acids is 1. The van der Waals surface area contributed by atoms with Crippen molar-refractivity contribution >= 4 is 5.91 Å². The number of nitrogens with zero attached hydrogens (tertiary/aromatic N) is 2. The molecule has 5 nitrogen and oxygen atoms in total. The van der Waals surface area contributed by atoms with Crippen LogP contribution < -0.4 is 10.1 Å². The lowest BCUT2D eigenvalue weighted by atomic mass is 9.96. The van der Waals surface area contributed by atoms with Crippen molar-refractivity contribution in [2.24, 2.45) is 11.8 Å². The van der Waals surface area contributed by atoms with Crippen LogP contribution in [0.25, 0.3) is 0 Å². The molecule has 0 aliphatic carbocycles. The maximum absolute atomic E-state index is 12.4. The van der Waals surface area contributed by atoms with Gasteiger partial charge in [-0.3, -0.25) is 9.48 Å². The molecule has 3 rings (SSSR count). The third-order valence-electron chi connectivity index (χ3n) is 4.46. The first-order chi connectivity index (χ1) is 11.5. The molecule has 0 spiro atoms. The van der Waals surface area contributed by atoms with Crippen LogP contribution in [0.4, 0.5) is 0 Å². The van der Waals surface area contributed by atoms with Crippen LogP contribution in [0.1, 0.15) is 23.9 Å². The molecule has 128 valence electrons. The monoisotopic (exact) mass is 327 g/mol. The summed E-state index contributed by atoms with van der Waals surface area (Å²) in [5.74, 6) is 1.19. The molecule has 0 unspecified atom stereocenters. The van der Waals surface area contributed by atoms with E-state index in [9.17, 15) is 4.79 Å². The summed E-state index contributed by atoms with van der Waals surface area (Å²) in [5, 5.41) is 7.55. The first kappa shape index (κ1) is 16.6. The predicted octanol–water partition coefficient (Wildman–Crippen LogP) is 2.50. The molecule has 1 amide bonds. The molecule has 2 heterocycles. The minimum absolute atomic E-state index is 0.0738. The first-order valence-electron chi connectivity index (χ1n) is 8.52. The zero-order valence-corrected chi connectivity index (χ0v) is 14.6. The smallest absolute Gasteiger partial charge is 0.226 e. The van der Waals surface area contributed by atoms with E-state index in [2.05, 4.69) is 30.3 Å². The maximum atomic E-state index is 12.4. The quantitative estimate of drug-likeness (QED) is 0.918. The molecule has 1 aliphatic rings. The number of hydrogen-bond donors (Lipinski definition) is 1. The van der Waals surface area contributed by atoms with Gasteiger partial charge in [0.05, 0.1) is 11.6 Å². The van der Waals surface area contributed by atoms with E-state index in [1.54, 1.807) is 0 Å². The van der Waals surface area contributed by atoms with Crippen LogP contribution in [0.5, 0.6) is 5.75 Å². The van der Waals surface area contributed by atoms with E-state index in [4.69, 9.17) is 4.74 Å². The number of ether oxygens (including phenoxy) is 1. The zero-order valence-electron chi connectivity index (χ0n) is 14.6. The molecule has 1 aromatic carbocycles. The molecule has 2 atom stereocenters. The number of benzene rings is 1. The number of aryl methyl sites for hydroxylation is 2.